The second-order valence-corrected chi connectivity index (χ2v) is 5.44. The van der Waals surface area contributed by atoms with Gasteiger partial charge in [0.1, 0.15) is 0 Å². The van der Waals surface area contributed by atoms with Crippen molar-refractivity contribution in [2.24, 2.45) is 11.7 Å². The van der Waals surface area contributed by atoms with E-state index in [1.807, 2.05) is 13.8 Å². The molecule has 0 aromatic heterocycles. The molecule has 0 radical (unpaired) electrons. The van der Waals surface area contributed by atoms with Gasteiger partial charge in [0.25, 0.3) is 5.69 Å². The lowest BCUT2D eigenvalue weighted by atomic mass is 10.0. The third-order valence-electron chi connectivity index (χ3n) is 3.36. The highest BCUT2D eigenvalue weighted by atomic mass is 16.6. The zero-order valence-corrected chi connectivity index (χ0v) is 12.5. The van der Waals surface area contributed by atoms with Crippen LogP contribution >= 0.6 is 0 Å². The van der Waals surface area contributed by atoms with E-state index in [1.54, 1.807) is 12.1 Å². The van der Waals surface area contributed by atoms with Crippen LogP contribution in [-0.4, -0.2) is 23.4 Å². The van der Waals surface area contributed by atoms with Crippen molar-refractivity contribution in [2.45, 2.75) is 39.2 Å². The number of nitro groups is 1. The Morgan fingerprint density at radius 3 is 2.43 bits per heavy atom. The molecular weight excluding hydrogens is 270 g/mol. The number of nitro benzene ring substituents is 1. The summed E-state index contributed by atoms with van der Waals surface area (Å²) in [6, 6.07) is 6.11. The number of hydrogen-bond donors (Lipinski definition) is 2. The summed E-state index contributed by atoms with van der Waals surface area (Å²) >= 11 is 0. The lowest BCUT2D eigenvalue weighted by Gasteiger charge is -2.15. The van der Waals surface area contributed by atoms with Gasteiger partial charge >= 0.3 is 0 Å². The molecule has 0 aliphatic rings. The number of carbonyl (C=O) groups is 1. The number of hydrogen-bond acceptors (Lipinski definition) is 4. The topological polar surface area (TPSA) is 98.3 Å². The molecule has 0 aliphatic heterocycles. The Bertz CT molecular complexity index is 472. The van der Waals surface area contributed by atoms with Crippen molar-refractivity contribution in [3.63, 3.8) is 0 Å². The minimum atomic E-state index is -0.459. The first-order valence-corrected chi connectivity index (χ1v) is 7.18. The highest BCUT2D eigenvalue weighted by Crippen LogP contribution is 2.13. The summed E-state index contributed by atoms with van der Waals surface area (Å²) in [7, 11) is 0. The molecule has 21 heavy (non-hydrogen) atoms. The number of carbonyl (C=O) groups excluding carboxylic acids is 1. The van der Waals surface area contributed by atoms with E-state index in [0.717, 1.165) is 24.8 Å². The fraction of sp³-hybridized carbons (Fsp3) is 0.533. The number of nitrogens with zero attached hydrogens (tertiary/aromatic N) is 1. The molecule has 0 heterocycles. The van der Waals surface area contributed by atoms with Gasteiger partial charge in [-0.1, -0.05) is 26.0 Å². The predicted octanol–water partition coefficient (Wildman–Crippen LogP) is 2.02. The van der Waals surface area contributed by atoms with E-state index in [4.69, 9.17) is 5.73 Å². The quantitative estimate of drug-likeness (QED) is 0.435. The maximum atomic E-state index is 11.6. The van der Waals surface area contributed by atoms with Crippen LogP contribution in [0.15, 0.2) is 24.3 Å². The van der Waals surface area contributed by atoms with Crippen LogP contribution in [0.5, 0.6) is 0 Å². The van der Waals surface area contributed by atoms with E-state index < -0.39 is 11.0 Å². The number of amides is 1. The van der Waals surface area contributed by atoms with Crippen molar-refractivity contribution in [1.82, 2.24) is 5.32 Å². The van der Waals surface area contributed by atoms with Crippen LogP contribution in [0.1, 0.15) is 32.3 Å². The van der Waals surface area contributed by atoms with E-state index in [2.05, 4.69) is 5.32 Å². The molecule has 1 rings (SSSR count). The van der Waals surface area contributed by atoms with Gasteiger partial charge < -0.3 is 11.1 Å². The molecule has 6 heteroatoms. The normalized spacial score (nSPS) is 12.2. The van der Waals surface area contributed by atoms with Crippen molar-refractivity contribution in [3.05, 3.63) is 39.9 Å². The number of rotatable bonds is 8. The van der Waals surface area contributed by atoms with Crippen LogP contribution in [0.3, 0.4) is 0 Å². The van der Waals surface area contributed by atoms with Crippen LogP contribution in [0.25, 0.3) is 0 Å². The first-order chi connectivity index (χ1) is 9.91. The van der Waals surface area contributed by atoms with Gasteiger partial charge in [0.05, 0.1) is 11.0 Å². The smallest absolute Gasteiger partial charge is 0.269 e. The van der Waals surface area contributed by atoms with Gasteiger partial charge in [0.2, 0.25) is 5.91 Å². The number of non-ortho nitro benzene ring substituents is 1. The summed E-state index contributed by atoms with van der Waals surface area (Å²) < 4.78 is 0. The second kappa shape index (κ2) is 8.36. The van der Waals surface area contributed by atoms with E-state index in [-0.39, 0.29) is 17.5 Å². The number of nitrogens with one attached hydrogen (secondary N) is 1. The van der Waals surface area contributed by atoms with Gasteiger partial charge in [0.15, 0.2) is 0 Å². The minimum Gasteiger partial charge on any atom is -0.355 e. The van der Waals surface area contributed by atoms with Crippen LogP contribution in [-0.2, 0) is 11.2 Å². The van der Waals surface area contributed by atoms with Gasteiger partial charge in [0, 0.05) is 18.7 Å². The van der Waals surface area contributed by atoms with E-state index in [9.17, 15) is 14.9 Å². The summed E-state index contributed by atoms with van der Waals surface area (Å²) in [5.41, 5.74) is 6.90. The van der Waals surface area contributed by atoms with Gasteiger partial charge in [-0.05, 0) is 30.7 Å². The third-order valence-corrected chi connectivity index (χ3v) is 3.36. The first-order valence-electron chi connectivity index (χ1n) is 7.18. The molecule has 1 aromatic carbocycles. The summed E-state index contributed by atoms with van der Waals surface area (Å²) in [6.45, 7) is 4.43. The van der Waals surface area contributed by atoms with Crippen molar-refractivity contribution in [3.8, 4) is 0 Å². The SMILES string of the molecule is CC(C)[C@H](N)C(=O)NCCCCc1ccc([N+](=O)[O-])cc1. The molecule has 0 aliphatic carbocycles. The van der Waals surface area contributed by atoms with E-state index >= 15 is 0 Å². The number of unbranched alkanes of at least 4 members (excludes halogenated alkanes) is 1. The monoisotopic (exact) mass is 293 g/mol. The molecular formula is C15H23N3O3. The molecule has 0 spiro atoms. The highest BCUT2D eigenvalue weighted by molar-refractivity contribution is 5.81. The van der Waals surface area contributed by atoms with Crippen LogP contribution in [0, 0.1) is 16.0 Å². The van der Waals surface area contributed by atoms with Gasteiger partial charge in [-0.2, -0.15) is 0 Å². The second-order valence-electron chi connectivity index (χ2n) is 5.44. The first kappa shape index (κ1) is 17.1. The number of nitrogens with two attached hydrogens (primary N) is 1. The maximum Gasteiger partial charge on any atom is 0.269 e. The zero-order chi connectivity index (χ0) is 15.8. The third kappa shape index (κ3) is 5.91. The van der Waals surface area contributed by atoms with Crippen molar-refractivity contribution < 1.29 is 9.72 Å². The standard InChI is InChI=1S/C15H23N3O3/c1-11(2)14(16)15(19)17-10-4-3-5-12-6-8-13(9-7-12)18(20)21/h6-9,11,14H,3-5,10,16H2,1-2H3,(H,17,19)/t14-/m0/s1. The Balaban J connectivity index is 2.22. The minimum absolute atomic E-state index is 0.105. The van der Waals surface area contributed by atoms with E-state index in [0.29, 0.717) is 6.54 Å². The summed E-state index contributed by atoms with van der Waals surface area (Å²) in [5.74, 6) is 0.0189. The molecule has 1 aromatic rings. The molecule has 1 amide bonds. The average molecular weight is 293 g/mol. The molecule has 1 atom stereocenters. The van der Waals surface area contributed by atoms with Crippen LogP contribution < -0.4 is 11.1 Å². The summed E-state index contributed by atoms with van der Waals surface area (Å²) in [5, 5.41) is 13.4. The van der Waals surface area contributed by atoms with Gasteiger partial charge in [-0.3, -0.25) is 14.9 Å². The Morgan fingerprint density at radius 2 is 1.90 bits per heavy atom. The highest BCUT2D eigenvalue weighted by Gasteiger charge is 2.15. The Labute approximate surface area is 124 Å². The lowest BCUT2D eigenvalue weighted by molar-refractivity contribution is -0.384. The Hall–Kier alpha value is -1.95. The molecule has 0 saturated carbocycles. The molecule has 0 fully saturated rings. The van der Waals surface area contributed by atoms with E-state index in [1.165, 1.54) is 12.1 Å². The predicted molar refractivity (Wildman–Crippen MR) is 81.9 cm³/mol. The molecule has 0 unspecified atom stereocenters. The summed E-state index contributed by atoms with van der Waals surface area (Å²) in [6.07, 6.45) is 2.60. The van der Waals surface area contributed by atoms with Gasteiger partial charge in [-0.15, -0.1) is 0 Å². The zero-order valence-electron chi connectivity index (χ0n) is 12.5. The largest absolute Gasteiger partial charge is 0.355 e. The summed E-state index contributed by atoms with van der Waals surface area (Å²) in [4.78, 5) is 21.7. The molecule has 3 N–H and O–H groups in total. The van der Waals surface area contributed by atoms with Gasteiger partial charge in [-0.25, -0.2) is 0 Å². The number of benzene rings is 1. The average Bonchev–Trinajstić information content (AvgIpc) is 2.46. The Morgan fingerprint density at radius 1 is 1.29 bits per heavy atom. The fourth-order valence-corrected chi connectivity index (χ4v) is 1.87. The van der Waals surface area contributed by atoms with Crippen LogP contribution in [0.4, 0.5) is 5.69 Å². The maximum absolute atomic E-state index is 11.6. The molecule has 6 nitrogen and oxygen atoms in total. The van der Waals surface area contributed by atoms with Crippen molar-refractivity contribution >= 4 is 11.6 Å². The lowest BCUT2D eigenvalue weighted by Crippen LogP contribution is -2.44. The van der Waals surface area contributed by atoms with Crippen molar-refractivity contribution in [2.75, 3.05) is 6.54 Å². The molecule has 0 saturated heterocycles. The van der Waals surface area contributed by atoms with Crippen LogP contribution in [0.2, 0.25) is 0 Å². The molecule has 116 valence electrons. The number of aryl methyl sites for hydroxylation is 1. The Kier molecular flexibility index (Phi) is 6.81. The fourth-order valence-electron chi connectivity index (χ4n) is 1.87. The molecule has 0 bridgehead atoms. The van der Waals surface area contributed by atoms with Crippen molar-refractivity contribution in [1.29, 1.82) is 0 Å².